The SMILES string of the molecule is [C-]#[N+]/C(c1cnc2ccccc2n1)=c1/[nH]c(-c2ccc(OCC(CC)CCCC)cc2)c2/c(=C(\C#N)c3cnc4ccccc4n3)[nH]c(-c3ccc(OCC(CC)CCCC)cc3)c12. The van der Waals surface area contributed by atoms with Crippen LogP contribution in [0.2, 0.25) is 0 Å². The van der Waals surface area contributed by atoms with E-state index >= 15 is 0 Å². The summed E-state index contributed by atoms with van der Waals surface area (Å²) < 4.78 is 12.7. The first-order valence-corrected chi connectivity index (χ1v) is 22.7. The van der Waals surface area contributed by atoms with Crippen LogP contribution in [0.25, 0.3) is 71.5 Å². The average Bonchev–Trinajstić information content (AvgIpc) is 3.92. The highest BCUT2D eigenvalue weighted by molar-refractivity contribution is 6.07. The topological polar surface area (TPSA) is 130 Å². The van der Waals surface area contributed by atoms with Gasteiger partial charge in [-0.05, 0) is 109 Å². The molecule has 0 bridgehead atoms. The molecule has 0 fully saturated rings. The largest absolute Gasteiger partial charge is 0.493 e. The number of hydrogen-bond acceptors (Lipinski definition) is 7. The van der Waals surface area contributed by atoms with Gasteiger partial charge in [0, 0.05) is 17.0 Å². The molecule has 0 radical (unpaired) electrons. The average molecular weight is 847 g/mol. The number of aromatic amines is 2. The van der Waals surface area contributed by atoms with Gasteiger partial charge < -0.3 is 19.4 Å². The minimum Gasteiger partial charge on any atom is -0.493 e. The van der Waals surface area contributed by atoms with Crippen LogP contribution in [-0.4, -0.2) is 43.1 Å². The number of benzene rings is 4. The Balaban J connectivity index is 1.37. The van der Waals surface area contributed by atoms with E-state index in [1.807, 2.05) is 97.1 Å². The number of hydrogen-bond donors (Lipinski definition) is 2. The minimum absolute atomic E-state index is 0.292. The van der Waals surface area contributed by atoms with Crippen molar-refractivity contribution in [2.24, 2.45) is 11.8 Å². The first-order chi connectivity index (χ1) is 31.5. The zero-order chi connectivity index (χ0) is 44.4. The third-order valence-electron chi connectivity index (χ3n) is 12.2. The summed E-state index contributed by atoms with van der Waals surface area (Å²) >= 11 is 0. The fourth-order valence-electron chi connectivity index (χ4n) is 8.34. The highest BCUT2D eigenvalue weighted by atomic mass is 16.5. The van der Waals surface area contributed by atoms with Gasteiger partial charge in [-0.3, -0.25) is 15.0 Å². The third-order valence-corrected chi connectivity index (χ3v) is 12.2. The predicted octanol–water partition coefficient (Wildman–Crippen LogP) is 11.7. The Morgan fingerprint density at radius 3 is 1.55 bits per heavy atom. The summed E-state index contributed by atoms with van der Waals surface area (Å²) in [5, 5.41) is 13.6. The Hall–Kier alpha value is -7.30. The summed E-state index contributed by atoms with van der Waals surface area (Å²) in [5.74, 6) is 2.55. The Kier molecular flexibility index (Phi) is 13.7. The fraction of sp³-hybridized carbons (Fsp3) is 0.296. The summed E-state index contributed by atoms with van der Waals surface area (Å²) in [6.07, 6.45) is 12.4. The van der Waals surface area contributed by atoms with Gasteiger partial charge in [0.15, 0.2) is 0 Å². The van der Waals surface area contributed by atoms with E-state index in [1.54, 1.807) is 12.4 Å². The van der Waals surface area contributed by atoms with Gasteiger partial charge in [-0.2, -0.15) is 5.26 Å². The number of nitrogens with zero attached hydrogens (tertiary/aromatic N) is 6. The zero-order valence-electron chi connectivity index (χ0n) is 37.1. The lowest BCUT2D eigenvalue weighted by Gasteiger charge is -2.15. The molecular formula is C54H54N8O2. The van der Waals surface area contributed by atoms with Gasteiger partial charge in [0.2, 0.25) is 5.70 Å². The maximum absolute atomic E-state index is 11.1. The second-order valence-electron chi connectivity index (χ2n) is 16.4. The van der Waals surface area contributed by atoms with Gasteiger partial charge in [0.05, 0.1) is 75.8 Å². The van der Waals surface area contributed by atoms with Gasteiger partial charge in [-0.1, -0.05) is 90.5 Å². The molecule has 0 saturated carbocycles. The van der Waals surface area contributed by atoms with Crippen molar-refractivity contribution in [3.63, 3.8) is 0 Å². The fourth-order valence-corrected chi connectivity index (χ4v) is 8.34. The van der Waals surface area contributed by atoms with Crippen molar-refractivity contribution in [2.45, 2.75) is 79.1 Å². The third kappa shape index (κ3) is 9.23. The van der Waals surface area contributed by atoms with Crippen LogP contribution in [0, 0.1) is 29.7 Å². The van der Waals surface area contributed by atoms with Gasteiger partial charge in [-0.15, -0.1) is 0 Å². The molecule has 0 aliphatic heterocycles. The summed E-state index contributed by atoms with van der Waals surface area (Å²) in [6.45, 7) is 18.9. The first kappa shape index (κ1) is 43.4. The number of para-hydroxylation sites is 4. The van der Waals surface area contributed by atoms with Crippen LogP contribution in [0.3, 0.4) is 0 Å². The van der Waals surface area contributed by atoms with Gasteiger partial charge in [0.1, 0.15) is 28.8 Å². The van der Waals surface area contributed by atoms with E-state index in [0.717, 1.165) is 94.3 Å². The van der Waals surface area contributed by atoms with Crippen LogP contribution in [0.5, 0.6) is 11.5 Å². The lowest BCUT2D eigenvalue weighted by molar-refractivity contribution is 0.233. The number of nitrogens with one attached hydrogen (secondary N) is 2. The molecule has 8 aromatic rings. The summed E-state index contributed by atoms with van der Waals surface area (Å²) in [6, 6.07) is 33.8. The van der Waals surface area contributed by atoms with Crippen molar-refractivity contribution in [3.8, 4) is 40.1 Å². The molecule has 2 N–H and O–H groups in total. The minimum atomic E-state index is 0.292. The van der Waals surface area contributed by atoms with Gasteiger partial charge >= 0.3 is 0 Å². The molecule has 4 heterocycles. The molecule has 4 aromatic heterocycles. The Labute approximate surface area is 374 Å². The number of unbranched alkanes of at least 4 members (excludes halogenated alkanes) is 2. The molecule has 0 aliphatic carbocycles. The molecule has 10 heteroatoms. The lowest BCUT2D eigenvalue weighted by atomic mass is 10.0. The van der Waals surface area contributed by atoms with E-state index < -0.39 is 0 Å². The molecule has 2 unspecified atom stereocenters. The summed E-state index contributed by atoms with van der Waals surface area (Å²) in [7, 11) is 0. The maximum Gasteiger partial charge on any atom is 0.237 e. The van der Waals surface area contributed by atoms with Crippen LogP contribution in [0.1, 0.15) is 90.4 Å². The second kappa shape index (κ2) is 20.3. The number of aromatic nitrogens is 6. The molecule has 4 aromatic carbocycles. The van der Waals surface area contributed by atoms with Crippen molar-refractivity contribution in [1.29, 1.82) is 5.26 Å². The molecular weight excluding hydrogens is 793 g/mol. The van der Waals surface area contributed by atoms with Crippen LogP contribution >= 0.6 is 0 Å². The number of nitriles is 1. The van der Waals surface area contributed by atoms with E-state index in [4.69, 9.17) is 36.0 Å². The van der Waals surface area contributed by atoms with E-state index in [1.165, 1.54) is 12.8 Å². The first-order valence-electron chi connectivity index (χ1n) is 22.7. The monoisotopic (exact) mass is 846 g/mol. The molecule has 8 rings (SSSR count). The van der Waals surface area contributed by atoms with Crippen LogP contribution in [0.4, 0.5) is 0 Å². The molecule has 0 amide bonds. The van der Waals surface area contributed by atoms with Crippen LogP contribution in [0.15, 0.2) is 109 Å². The highest BCUT2D eigenvalue weighted by Gasteiger charge is 2.24. The van der Waals surface area contributed by atoms with Crippen molar-refractivity contribution in [3.05, 3.63) is 143 Å². The van der Waals surface area contributed by atoms with E-state index in [9.17, 15) is 5.26 Å². The van der Waals surface area contributed by atoms with Crippen LogP contribution in [-0.2, 0) is 0 Å². The van der Waals surface area contributed by atoms with E-state index in [0.29, 0.717) is 69.4 Å². The van der Waals surface area contributed by atoms with Gasteiger partial charge in [-0.25, -0.2) is 9.83 Å². The maximum atomic E-state index is 11.1. The molecule has 0 aliphatic rings. The summed E-state index contributed by atoms with van der Waals surface area (Å²) in [4.78, 5) is 30.8. The van der Waals surface area contributed by atoms with Crippen molar-refractivity contribution in [2.75, 3.05) is 13.2 Å². The van der Waals surface area contributed by atoms with Crippen LogP contribution < -0.4 is 20.2 Å². The molecule has 0 spiro atoms. The van der Waals surface area contributed by atoms with E-state index in [2.05, 4.69) is 48.6 Å². The smallest absolute Gasteiger partial charge is 0.237 e. The quantitative estimate of drug-likeness (QED) is 0.0822. The lowest BCUT2D eigenvalue weighted by Crippen LogP contribution is -2.12. The standard InChI is InChI=1S/C54H54N8O2/c1-6-10-16-35(8-3)33-63-39-26-22-37(23-27-39)50-48-49(54(62-50)53(56-5)47-32-58-43-19-13-15-21-45(43)60-47)51(38-24-28-40(29-25-38)64-34-36(9-4)17-11-7-2)61-52(48)41(30-55)46-31-57-42-18-12-14-20-44(42)59-46/h12-15,18-29,31-32,35-36,61-62H,6-11,16-17,33-34H2,1-4H3/b52-41-,54-53+. The van der Waals surface area contributed by atoms with Crippen molar-refractivity contribution in [1.82, 2.24) is 29.9 Å². The van der Waals surface area contributed by atoms with Crippen molar-refractivity contribution >= 4 is 44.1 Å². The van der Waals surface area contributed by atoms with Crippen molar-refractivity contribution < 1.29 is 9.47 Å². The zero-order valence-corrected chi connectivity index (χ0v) is 37.1. The normalized spacial score (nSPS) is 13.3. The number of fused-ring (bicyclic) bond motifs is 3. The number of H-pyrrole nitrogens is 2. The molecule has 0 saturated heterocycles. The predicted molar refractivity (Wildman–Crippen MR) is 257 cm³/mol. The summed E-state index contributed by atoms with van der Waals surface area (Å²) in [5.41, 5.74) is 7.42. The number of ether oxygens (including phenoxy) is 2. The Morgan fingerprint density at radius 2 is 1.08 bits per heavy atom. The molecule has 10 nitrogen and oxygen atoms in total. The molecule has 64 heavy (non-hydrogen) atoms. The molecule has 2 atom stereocenters. The Bertz CT molecular complexity index is 2890. The van der Waals surface area contributed by atoms with E-state index in [-0.39, 0.29) is 0 Å². The van der Waals surface area contributed by atoms with Gasteiger partial charge in [0.25, 0.3) is 0 Å². The highest BCUT2D eigenvalue weighted by Crippen LogP contribution is 2.34. The molecule has 322 valence electrons. The Morgan fingerprint density at radius 1 is 0.625 bits per heavy atom. The second-order valence-corrected chi connectivity index (χ2v) is 16.4. The number of rotatable bonds is 18.